The number of oxime groups is 1. The first-order valence-electron chi connectivity index (χ1n) is 5.95. The predicted octanol–water partition coefficient (Wildman–Crippen LogP) is 0.579. The molecular formula is C11H19N3O2. The summed E-state index contributed by atoms with van der Waals surface area (Å²) >= 11 is 0. The zero-order valence-corrected chi connectivity index (χ0v) is 9.65. The first-order chi connectivity index (χ1) is 7.70. The van der Waals surface area contributed by atoms with Gasteiger partial charge in [-0.1, -0.05) is 5.16 Å². The number of piperidine rings is 1. The molecule has 2 aliphatic rings. The van der Waals surface area contributed by atoms with E-state index < -0.39 is 0 Å². The molecule has 1 saturated heterocycles. The molecule has 2 fully saturated rings. The summed E-state index contributed by atoms with van der Waals surface area (Å²) < 4.78 is 0. The number of carbonyl (C=O) groups is 1. The predicted molar refractivity (Wildman–Crippen MR) is 60.7 cm³/mol. The third-order valence-corrected chi connectivity index (χ3v) is 3.37. The van der Waals surface area contributed by atoms with Crippen molar-refractivity contribution < 1.29 is 10.0 Å². The van der Waals surface area contributed by atoms with Gasteiger partial charge in [-0.15, -0.1) is 0 Å². The molecular weight excluding hydrogens is 206 g/mol. The van der Waals surface area contributed by atoms with Crippen molar-refractivity contribution in [2.75, 3.05) is 13.1 Å². The molecule has 1 saturated carbocycles. The second-order valence-electron chi connectivity index (χ2n) is 4.66. The highest BCUT2D eigenvalue weighted by molar-refractivity contribution is 5.86. The SMILES string of the molecule is CC(C(=O)NC1CC1)N1CCC(=NO)CC1. The summed E-state index contributed by atoms with van der Waals surface area (Å²) in [7, 11) is 0. The van der Waals surface area contributed by atoms with Crippen LogP contribution in [0.15, 0.2) is 5.16 Å². The Balaban J connectivity index is 1.80. The Bertz CT molecular complexity index is 290. The summed E-state index contributed by atoms with van der Waals surface area (Å²) in [5.74, 6) is 0.131. The first kappa shape index (κ1) is 11.4. The van der Waals surface area contributed by atoms with Gasteiger partial charge in [0.2, 0.25) is 5.91 Å². The van der Waals surface area contributed by atoms with Crippen LogP contribution in [0.5, 0.6) is 0 Å². The van der Waals surface area contributed by atoms with Gasteiger partial charge < -0.3 is 10.5 Å². The molecule has 1 heterocycles. The smallest absolute Gasteiger partial charge is 0.237 e. The molecule has 0 aromatic heterocycles. The molecule has 0 spiro atoms. The van der Waals surface area contributed by atoms with Gasteiger partial charge >= 0.3 is 0 Å². The lowest BCUT2D eigenvalue weighted by atomic mass is 10.1. The number of amides is 1. The number of rotatable bonds is 3. The summed E-state index contributed by atoms with van der Waals surface area (Å²) in [6.07, 6.45) is 3.77. The van der Waals surface area contributed by atoms with Gasteiger partial charge in [0.25, 0.3) is 0 Å². The van der Waals surface area contributed by atoms with Crippen molar-refractivity contribution in [3.8, 4) is 0 Å². The summed E-state index contributed by atoms with van der Waals surface area (Å²) in [5.41, 5.74) is 0.839. The molecule has 90 valence electrons. The minimum absolute atomic E-state index is 0.0687. The van der Waals surface area contributed by atoms with Crippen molar-refractivity contribution in [1.29, 1.82) is 0 Å². The van der Waals surface area contributed by atoms with E-state index in [9.17, 15) is 4.79 Å². The lowest BCUT2D eigenvalue weighted by Crippen LogP contribution is -2.48. The maximum Gasteiger partial charge on any atom is 0.237 e. The van der Waals surface area contributed by atoms with Gasteiger partial charge in [-0.25, -0.2) is 0 Å². The number of nitrogens with zero attached hydrogens (tertiary/aromatic N) is 2. The van der Waals surface area contributed by atoms with E-state index in [0.29, 0.717) is 6.04 Å². The lowest BCUT2D eigenvalue weighted by Gasteiger charge is -2.31. The zero-order valence-electron chi connectivity index (χ0n) is 9.65. The van der Waals surface area contributed by atoms with E-state index >= 15 is 0 Å². The Kier molecular flexibility index (Phi) is 3.43. The fourth-order valence-electron chi connectivity index (χ4n) is 1.98. The maximum atomic E-state index is 11.8. The normalized spacial score (nSPS) is 23.9. The molecule has 0 aromatic rings. The minimum Gasteiger partial charge on any atom is -0.411 e. The topological polar surface area (TPSA) is 64.9 Å². The Morgan fingerprint density at radius 3 is 2.62 bits per heavy atom. The number of hydrogen-bond acceptors (Lipinski definition) is 4. The molecule has 5 nitrogen and oxygen atoms in total. The summed E-state index contributed by atoms with van der Waals surface area (Å²) in [6.45, 7) is 3.55. The fraction of sp³-hybridized carbons (Fsp3) is 0.818. The van der Waals surface area contributed by atoms with Gasteiger partial charge in [0.05, 0.1) is 11.8 Å². The van der Waals surface area contributed by atoms with Crippen LogP contribution in [0.25, 0.3) is 0 Å². The molecule has 5 heteroatoms. The Hall–Kier alpha value is -1.10. The lowest BCUT2D eigenvalue weighted by molar-refractivity contribution is -0.126. The van der Waals surface area contributed by atoms with E-state index in [0.717, 1.165) is 44.5 Å². The Labute approximate surface area is 95.5 Å². The monoisotopic (exact) mass is 225 g/mol. The average molecular weight is 225 g/mol. The van der Waals surface area contributed by atoms with Crippen molar-refractivity contribution in [2.24, 2.45) is 5.16 Å². The van der Waals surface area contributed by atoms with Crippen LogP contribution in [-0.4, -0.2) is 46.9 Å². The van der Waals surface area contributed by atoms with Crippen LogP contribution in [0.2, 0.25) is 0 Å². The molecule has 1 amide bonds. The molecule has 0 aromatic carbocycles. The molecule has 1 aliphatic heterocycles. The number of likely N-dealkylation sites (tertiary alicyclic amines) is 1. The quantitative estimate of drug-likeness (QED) is 0.545. The number of nitrogens with one attached hydrogen (secondary N) is 1. The van der Waals surface area contributed by atoms with Gasteiger partial charge in [0.1, 0.15) is 0 Å². The van der Waals surface area contributed by atoms with Crippen LogP contribution >= 0.6 is 0 Å². The number of carbonyl (C=O) groups excluding carboxylic acids is 1. The summed E-state index contributed by atoms with van der Waals surface area (Å²) in [6, 6.07) is 0.357. The van der Waals surface area contributed by atoms with Crippen molar-refractivity contribution in [3.05, 3.63) is 0 Å². The Morgan fingerprint density at radius 1 is 1.50 bits per heavy atom. The van der Waals surface area contributed by atoms with E-state index in [4.69, 9.17) is 5.21 Å². The molecule has 1 unspecified atom stereocenters. The third-order valence-electron chi connectivity index (χ3n) is 3.37. The molecule has 2 rings (SSSR count). The van der Waals surface area contributed by atoms with E-state index in [-0.39, 0.29) is 11.9 Å². The Morgan fingerprint density at radius 2 is 2.12 bits per heavy atom. The van der Waals surface area contributed by atoms with Gasteiger partial charge in [0, 0.05) is 32.0 Å². The van der Waals surface area contributed by atoms with Crippen LogP contribution in [0.4, 0.5) is 0 Å². The standard InChI is InChI=1S/C11H19N3O2/c1-8(11(15)12-9-2-3-9)14-6-4-10(13-16)5-7-14/h8-9,16H,2-7H2,1H3,(H,12,15). The fourth-order valence-corrected chi connectivity index (χ4v) is 1.98. The van der Waals surface area contributed by atoms with Gasteiger partial charge in [-0.05, 0) is 19.8 Å². The van der Waals surface area contributed by atoms with Crippen LogP contribution in [0.3, 0.4) is 0 Å². The van der Waals surface area contributed by atoms with E-state index in [1.165, 1.54) is 0 Å². The van der Waals surface area contributed by atoms with Crippen LogP contribution in [0, 0.1) is 0 Å². The van der Waals surface area contributed by atoms with Crippen LogP contribution < -0.4 is 5.32 Å². The maximum absolute atomic E-state index is 11.8. The van der Waals surface area contributed by atoms with E-state index in [1.54, 1.807) is 0 Å². The average Bonchev–Trinajstić information content (AvgIpc) is 3.12. The second kappa shape index (κ2) is 4.82. The first-order valence-corrected chi connectivity index (χ1v) is 5.95. The van der Waals surface area contributed by atoms with Gasteiger partial charge in [0.15, 0.2) is 0 Å². The molecule has 0 bridgehead atoms. The molecule has 16 heavy (non-hydrogen) atoms. The molecule has 1 aliphatic carbocycles. The zero-order chi connectivity index (χ0) is 11.5. The molecule has 0 radical (unpaired) electrons. The van der Waals surface area contributed by atoms with Crippen molar-refractivity contribution >= 4 is 11.6 Å². The van der Waals surface area contributed by atoms with E-state index in [1.807, 2.05) is 6.92 Å². The van der Waals surface area contributed by atoms with E-state index in [2.05, 4.69) is 15.4 Å². The highest BCUT2D eigenvalue weighted by Gasteiger charge is 2.29. The van der Waals surface area contributed by atoms with Crippen molar-refractivity contribution in [2.45, 2.75) is 44.7 Å². The largest absolute Gasteiger partial charge is 0.411 e. The van der Waals surface area contributed by atoms with Gasteiger partial charge in [-0.3, -0.25) is 9.69 Å². The summed E-state index contributed by atoms with van der Waals surface area (Å²) in [5, 5.41) is 14.9. The molecule has 2 N–H and O–H groups in total. The van der Waals surface area contributed by atoms with Gasteiger partial charge in [-0.2, -0.15) is 0 Å². The van der Waals surface area contributed by atoms with Crippen LogP contribution in [0.1, 0.15) is 32.6 Å². The second-order valence-corrected chi connectivity index (χ2v) is 4.66. The molecule has 1 atom stereocenters. The van der Waals surface area contributed by atoms with Crippen LogP contribution in [-0.2, 0) is 4.79 Å². The third kappa shape index (κ3) is 2.72. The summed E-state index contributed by atoms with van der Waals surface area (Å²) in [4.78, 5) is 14.0. The van der Waals surface area contributed by atoms with Crippen molar-refractivity contribution in [3.63, 3.8) is 0 Å². The minimum atomic E-state index is -0.0687. The van der Waals surface area contributed by atoms with Crippen molar-refractivity contribution in [1.82, 2.24) is 10.2 Å². The highest BCUT2D eigenvalue weighted by atomic mass is 16.4. The highest BCUT2D eigenvalue weighted by Crippen LogP contribution is 2.19. The number of hydrogen-bond donors (Lipinski definition) is 2.